The third kappa shape index (κ3) is 3.72. The van der Waals surface area contributed by atoms with Crippen LogP contribution in [-0.2, 0) is 0 Å². The number of anilines is 1. The first-order valence-corrected chi connectivity index (χ1v) is 9.19. The Kier molecular flexibility index (Phi) is 5.15. The summed E-state index contributed by atoms with van der Waals surface area (Å²) in [6.07, 6.45) is 4.85. The zero-order valence-corrected chi connectivity index (χ0v) is 15.7. The summed E-state index contributed by atoms with van der Waals surface area (Å²) in [6, 6.07) is 5.69. The van der Waals surface area contributed by atoms with E-state index in [0.717, 1.165) is 42.5 Å². The van der Waals surface area contributed by atoms with Gasteiger partial charge in [-0.2, -0.15) is 9.78 Å². The molecule has 3 N–H and O–H groups in total. The summed E-state index contributed by atoms with van der Waals surface area (Å²) in [6.45, 7) is 0. The molecule has 4 rings (SSSR count). The first-order chi connectivity index (χ1) is 14.5. The van der Waals surface area contributed by atoms with Gasteiger partial charge in [0.2, 0.25) is 11.6 Å². The fourth-order valence-electron chi connectivity index (χ4n) is 3.20. The number of aromatic nitrogens is 5. The number of carbonyl (C=O) groups excluding carboxylic acids is 1. The molecule has 0 radical (unpaired) electrons. The van der Waals surface area contributed by atoms with Gasteiger partial charge in [-0.15, -0.1) is 5.10 Å². The Labute approximate surface area is 169 Å². The summed E-state index contributed by atoms with van der Waals surface area (Å²) in [4.78, 5) is 23.5. The van der Waals surface area contributed by atoms with Gasteiger partial charge < -0.3 is 5.73 Å². The van der Waals surface area contributed by atoms with Crippen molar-refractivity contribution in [2.75, 3.05) is 5.73 Å². The normalized spacial score (nSPS) is 13.8. The Hall–Kier alpha value is -4.16. The van der Waals surface area contributed by atoms with E-state index in [0.29, 0.717) is 5.56 Å². The number of benzene rings is 1. The molecule has 2 heterocycles. The second kappa shape index (κ2) is 8.06. The standard InChI is InChI=1S/C17H17N9O4/c18-15-16(23-30-22-15)25-14(10-5-4-8-12(9-10)26(28)29)13(20-24-25)17(27)21-19-11-6-2-1-3-7-11/h4-5,8-9H,1-3,6-7H2,(H2,18,22)(H,21,27). The molecular weight excluding hydrogens is 394 g/mol. The SMILES string of the molecule is Nc1nonc1-n1nnc(C(=O)NN=C2CCCCC2)c1-c1cccc([N+](=O)[O-])c1. The van der Waals surface area contributed by atoms with Crippen molar-refractivity contribution in [2.24, 2.45) is 5.10 Å². The van der Waals surface area contributed by atoms with Crippen LogP contribution in [0.2, 0.25) is 0 Å². The molecular formula is C17H17N9O4. The number of hydrogen-bond acceptors (Lipinski definition) is 10. The highest BCUT2D eigenvalue weighted by Crippen LogP contribution is 2.29. The number of hydrazone groups is 1. The number of hydrogen-bond donors (Lipinski definition) is 2. The molecule has 1 fully saturated rings. The lowest BCUT2D eigenvalue weighted by molar-refractivity contribution is -0.384. The molecule has 13 nitrogen and oxygen atoms in total. The summed E-state index contributed by atoms with van der Waals surface area (Å²) in [7, 11) is 0. The second-order valence-electron chi connectivity index (χ2n) is 6.66. The minimum atomic E-state index is -0.615. The largest absolute Gasteiger partial charge is 0.378 e. The average Bonchev–Trinajstić information content (AvgIpc) is 3.38. The number of nitrogens with one attached hydrogen (secondary N) is 1. The maximum absolute atomic E-state index is 12.8. The zero-order chi connectivity index (χ0) is 21.1. The maximum atomic E-state index is 12.8. The molecule has 0 saturated heterocycles. The Bertz CT molecular complexity index is 1130. The number of rotatable bonds is 5. The summed E-state index contributed by atoms with van der Waals surface area (Å²) in [5, 5.41) is 30.4. The van der Waals surface area contributed by atoms with Gasteiger partial charge in [-0.25, -0.2) is 10.1 Å². The lowest BCUT2D eigenvalue weighted by Gasteiger charge is -2.12. The second-order valence-corrected chi connectivity index (χ2v) is 6.66. The predicted octanol–water partition coefficient (Wildman–Crippen LogP) is 1.86. The van der Waals surface area contributed by atoms with E-state index in [9.17, 15) is 14.9 Å². The quantitative estimate of drug-likeness (QED) is 0.467. The van der Waals surface area contributed by atoms with E-state index < -0.39 is 10.8 Å². The molecule has 1 amide bonds. The number of nitro benzene ring substituents is 1. The molecule has 13 heteroatoms. The molecule has 0 atom stereocenters. The smallest absolute Gasteiger partial charge is 0.294 e. The highest BCUT2D eigenvalue weighted by Gasteiger charge is 2.26. The van der Waals surface area contributed by atoms with Gasteiger partial charge in [0, 0.05) is 23.4 Å². The lowest BCUT2D eigenvalue weighted by atomic mass is 9.99. The van der Waals surface area contributed by atoms with Crippen molar-refractivity contribution in [2.45, 2.75) is 32.1 Å². The number of nitrogens with two attached hydrogens (primary N) is 1. The Morgan fingerprint density at radius 1 is 1.27 bits per heavy atom. The molecule has 0 unspecified atom stereocenters. The van der Waals surface area contributed by atoms with Crippen LogP contribution in [-0.4, -0.2) is 41.8 Å². The van der Waals surface area contributed by atoms with E-state index in [1.807, 2.05) is 0 Å². The van der Waals surface area contributed by atoms with E-state index in [1.165, 1.54) is 18.2 Å². The van der Waals surface area contributed by atoms with Crippen LogP contribution < -0.4 is 11.2 Å². The number of non-ortho nitro benzene ring substituents is 1. The molecule has 1 saturated carbocycles. The van der Waals surface area contributed by atoms with Crippen molar-refractivity contribution in [1.82, 2.24) is 30.7 Å². The Morgan fingerprint density at radius 3 is 2.77 bits per heavy atom. The van der Waals surface area contributed by atoms with Crippen molar-refractivity contribution < 1.29 is 14.3 Å². The van der Waals surface area contributed by atoms with E-state index in [4.69, 9.17) is 5.73 Å². The van der Waals surface area contributed by atoms with E-state index in [1.54, 1.807) is 6.07 Å². The molecule has 154 valence electrons. The summed E-state index contributed by atoms with van der Waals surface area (Å²) in [5.74, 6) is -0.696. The van der Waals surface area contributed by atoms with Crippen molar-refractivity contribution in [3.05, 3.63) is 40.1 Å². The van der Waals surface area contributed by atoms with Crippen molar-refractivity contribution in [3.8, 4) is 17.1 Å². The lowest BCUT2D eigenvalue weighted by Crippen LogP contribution is -2.22. The molecule has 0 bridgehead atoms. The minimum absolute atomic E-state index is 0.00153. The molecule has 1 aliphatic carbocycles. The first-order valence-electron chi connectivity index (χ1n) is 9.19. The van der Waals surface area contributed by atoms with Crippen LogP contribution in [0.5, 0.6) is 0 Å². The van der Waals surface area contributed by atoms with Crippen LogP contribution in [0, 0.1) is 10.1 Å². The first kappa shape index (κ1) is 19.2. The third-order valence-electron chi connectivity index (χ3n) is 4.66. The van der Waals surface area contributed by atoms with Gasteiger partial charge in [-0.05, 0) is 36.0 Å². The number of nitrogens with zero attached hydrogens (tertiary/aromatic N) is 7. The fourth-order valence-corrected chi connectivity index (χ4v) is 3.20. The van der Waals surface area contributed by atoms with E-state index in [2.05, 4.69) is 35.8 Å². The topological polar surface area (TPSA) is 180 Å². The zero-order valence-electron chi connectivity index (χ0n) is 15.7. The minimum Gasteiger partial charge on any atom is -0.378 e. The van der Waals surface area contributed by atoms with Gasteiger partial charge in [0.05, 0.1) is 4.92 Å². The number of carbonyl (C=O) groups is 1. The molecule has 30 heavy (non-hydrogen) atoms. The maximum Gasteiger partial charge on any atom is 0.294 e. The Morgan fingerprint density at radius 2 is 2.07 bits per heavy atom. The predicted molar refractivity (Wildman–Crippen MR) is 104 cm³/mol. The van der Waals surface area contributed by atoms with Crippen LogP contribution in [0.3, 0.4) is 0 Å². The van der Waals surface area contributed by atoms with Crippen LogP contribution in [0.4, 0.5) is 11.5 Å². The highest BCUT2D eigenvalue weighted by atomic mass is 16.6. The molecule has 1 aromatic carbocycles. The summed E-state index contributed by atoms with van der Waals surface area (Å²) < 4.78 is 5.75. The molecule has 0 spiro atoms. The van der Waals surface area contributed by atoms with Crippen molar-refractivity contribution in [3.63, 3.8) is 0 Å². The van der Waals surface area contributed by atoms with Gasteiger partial charge in [0.15, 0.2) is 5.69 Å². The van der Waals surface area contributed by atoms with Gasteiger partial charge in [0.1, 0.15) is 5.69 Å². The molecule has 0 aliphatic heterocycles. The van der Waals surface area contributed by atoms with Gasteiger partial charge in [0.25, 0.3) is 11.6 Å². The number of amides is 1. The number of nitro groups is 1. The van der Waals surface area contributed by atoms with E-state index in [-0.39, 0.29) is 28.7 Å². The highest BCUT2D eigenvalue weighted by molar-refractivity contribution is 5.99. The summed E-state index contributed by atoms with van der Waals surface area (Å²) in [5.41, 5.74) is 9.34. The van der Waals surface area contributed by atoms with Crippen molar-refractivity contribution >= 4 is 23.1 Å². The Balaban J connectivity index is 1.76. The average molecular weight is 411 g/mol. The van der Waals surface area contributed by atoms with Crippen LogP contribution in [0.15, 0.2) is 34.0 Å². The monoisotopic (exact) mass is 411 g/mol. The fraction of sp³-hybridized carbons (Fsp3) is 0.294. The third-order valence-corrected chi connectivity index (χ3v) is 4.66. The van der Waals surface area contributed by atoms with Crippen molar-refractivity contribution in [1.29, 1.82) is 0 Å². The van der Waals surface area contributed by atoms with Crippen LogP contribution in [0.1, 0.15) is 42.6 Å². The van der Waals surface area contributed by atoms with Gasteiger partial charge >= 0.3 is 0 Å². The molecule has 3 aromatic rings. The van der Waals surface area contributed by atoms with Gasteiger partial charge in [-0.1, -0.05) is 23.8 Å². The summed E-state index contributed by atoms with van der Waals surface area (Å²) >= 11 is 0. The van der Waals surface area contributed by atoms with Crippen LogP contribution >= 0.6 is 0 Å². The molecule has 1 aliphatic rings. The van der Waals surface area contributed by atoms with E-state index >= 15 is 0 Å². The molecule has 2 aromatic heterocycles. The van der Waals surface area contributed by atoms with Crippen LogP contribution in [0.25, 0.3) is 17.1 Å². The number of nitrogen functional groups attached to an aromatic ring is 1. The van der Waals surface area contributed by atoms with Gasteiger partial charge in [-0.3, -0.25) is 14.9 Å².